The number of hydrogen-bond donors (Lipinski definition) is 1. The zero-order chi connectivity index (χ0) is 13.0. The highest BCUT2D eigenvalue weighted by Crippen LogP contribution is 2.33. The predicted molar refractivity (Wildman–Crippen MR) is 78.8 cm³/mol. The normalized spacial score (nSPS) is 30.2. The topological polar surface area (TPSA) is 15.3 Å². The van der Waals surface area contributed by atoms with Crippen LogP contribution in [0.3, 0.4) is 0 Å². The summed E-state index contributed by atoms with van der Waals surface area (Å²) in [4.78, 5) is 2.68. The lowest BCUT2D eigenvalue weighted by Gasteiger charge is -2.51. The van der Waals surface area contributed by atoms with Gasteiger partial charge in [0.15, 0.2) is 0 Å². The molecule has 1 saturated carbocycles. The molecule has 2 fully saturated rings. The second kappa shape index (κ2) is 6.21. The Labute approximate surface area is 113 Å². The Hall–Kier alpha value is -0.340. The molecule has 104 valence electrons. The minimum atomic E-state index is 0.422. The van der Waals surface area contributed by atoms with Crippen molar-refractivity contribution in [2.45, 2.75) is 64.0 Å². The molecule has 2 aliphatic rings. The summed E-state index contributed by atoms with van der Waals surface area (Å²) in [5, 5.41) is 3.91. The molecule has 18 heavy (non-hydrogen) atoms. The molecule has 0 aromatic heterocycles. The Morgan fingerprint density at radius 1 is 1.39 bits per heavy atom. The first-order valence-electron chi connectivity index (χ1n) is 7.81. The Morgan fingerprint density at radius 3 is 2.72 bits per heavy atom. The highest BCUT2D eigenvalue weighted by molar-refractivity contribution is 5.01. The summed E-state index contributed by atoms with van der Waals surface area (Å²) in [7, 11) is 0. The fourth-order valence-corrected chi connectivity index (χ4v) is 3.77. The lowest BCUT2D eigenvalue weighted by molar-refractivity contribution is 0.0408. The van der Waals surface area contributed by atoms with E-state index < -0.39 is 0 Å². The Morgan fingerprint density at radius 2 is 2.11 bits per heavy atom. The molecule has 2 nitrogen and oxygen atoms in total. The Kier molecular flexibility index (Phi) is 4.85. The van der Waals surface area contributed by atoms with E-state index in [0.717, 1.165) is 12.5 Å². The van der Waals surface area contributed by atoms with Gasteiger partial charge >= 0.3 is 0 Å². The zero-order valence-corrected chi connectivity index (χ0v) is 12.3. The van der Waals surface area contributed by atoms with Gasteiger partial charge in [-0.05, 0) is 18.8 Å². The number of piperazine rings is 1. The molecule has 2 heteroatoms. The van der Waals surface area contributed by atoms with Crippen LogP contribution in [0.5, 0.6) is 0 Å². The van der Waals surface area contributed by atoms with Crippen LogP contribution in [0.2, 0.25) is 0 Å². The number of rotatable bonds is 4. The molecule has 0 bridgehead atoms. The van der Waals surface area contributed by atoms with E-state index >= 15 is 0 Å². The number of hydrogen-bond acceptors (Lipinski definition) is 2. The molecule has 1 saturated heterocycles. The molecule has 2 unspecified atom stereocenters. The van der Waals surface area contributed by atoms with Gasteiger partial charge in [0.2, 0.25) is 0 Å². The Balaban J connectivity index is 2.04. The molecule has 1 heterocycles. The van der Waals surface area contributed by atoms with Crippen LogP contribution >= 0.6 is 0 Å². The fraction of sp³-hybridized carbons (Fsp3) is 0.875. The molecule has 1 spiro atoms. The summed E-state index contributed by atoms with van der Waals surface area (Å²) in [5.41, 5.74) is 0.422. The van der Waals surface area contributed by atoms with Gasteiger partial charge in [0, 0.05) is 31.2 Å². The first-order valence-corrected chi connectivity index (χ1v) is 7.81. The van der Waals surface area contributed by atoms with Crippen molar-refractivity contribution in [2.75, 3.05) is 19.6 Å². The smallest absolute Gasteiger partial charge is 0.0309 e. The molecule has 0 radical (unpaired) electrons. The number of nitrogens with zero attached hydrogens (tertiary/aromatic N) is 1. The van der Waals surface area contributed by atoms with E-state index in [1.54, 1.807) is 0 Å². The quantitative estimate of drug-likeness (QED) is 0.771. The lowest BCUT2D eigenvalue weighted by Crippen LogP contribution is -2.65. The monoisotopic (exact) mass is 250 g/mol. The van der Waals surface area contributed by atoms with E-state index in [-0.39, 0.29) is 0 Å². The van der Waals surface area contributed by atoms with E-state index in [0.29, 0.717) is 11.6 Å². The van der Waals surface area contributed by atoms with Crippen molar-refractivity contribution >= 4 is 0 Å². The molecule has 2 rings (SSSR count). The highest BCUT2D eigenvalue weighted by atomic mass is 15.3. The molecule has 1 aliphatic heterocycles. The average Bonchev–Trinajstić information content (AvgIpc) is 2.39. The van der Waals surface area contributed by atoms with Crippen LogP contribution < -0.4 is 5.32 Å². The third-order valence-electron chi connectivity index (χ3n) is 5.14. The van der Waals surface area contributed by atoms with Crippen molar-refractivity contribution < 1.29 is 0 Å². The fourth-order valence-electron chi connectivity index (χ4n) is 3.77. The highest BCUT2D eigenvalue weighted by Gasteiger charge is 2.40. The van der Waals surface area contributed by atoms with Crippen LogP contribution in [-0.2, 0) is 0 Å². The van der Waals surface area contributed by atoms with Crippen LogP contribution in [0.1, 0.15) is 52.4 Å². The third kappa shape index (κ3) is 2.97. The van der Waals surface area contributed by atoms with Crippen molar-refractivity contribution in [1.29, 1.82) is 0 Å². The maximum Gasteiger partial charge on any atom is 0.0309 e. The number of nitrogens with one attached hydrogen (secondary N) is 1. The van der Waals surface area contributed by atoms with Gasteiger partial charge in [-0.25, -0.2) is 0 Å². The van der Waals surface area contributed by atoms with Crippen molar-refractivity contribution in [2.24, 2.45) is 5.92 Å². The molecule has 0 amide bonds. The van der Waals surface area contributed by atoms with Gasteiger partial charge in [0.05, 0.1) is 0 Å². The molecule has 2 atom stereocenters. The standard InChI is InChI=1S/C16H30N2/c1-4-11-18-13-16(9-7-6-8-10-16)17-12-15(18)14(3)5-2/h4,14-15,17H,1,5-13H2,2-3H3. The summed E-state index contributed by atoms with van der Waals surface area (Å²) in [5.74, 6) is 0.776. The van der Waals surface area contributed by atoms with Crippen molar-refractivity contribution in [3.8, 4) is 0 Å². The first kappa shape index (κ1) is 14.1. The van der Waals surface area contributed by atoms with Crippen LogP contribution in [0.4, 0.5) is 0 Å². The van der Waals surface area contributed by atoms with Crippen molar-refractivity contribution in [3.05, 3.63) is 12.7 Å². The first-order chi connectivity index (χ1) is 8.71. The van der Waals surface area contributed by atoms with Crippen LogP contribution in [-0.4, -0.2) is 36.1 Å². The average molecular weight is 250 g/mol. The third-order valence-corrected chi connectivity index (χ3v) is 5.14. The molecule has 0 aromatic rings. The molecular formula is C16H30N2. The molecular weight excluding hydrogens is 220 g/mol. The zero-order valence-electron chi connectivity index (χ0n) is 12.3. The van der Waals surface area contributed by atoms with Crippen molar-refractivity contribution in [3.63, 3.8) is 0 Å². The minimum Gasteiger partial charge on any atom is -0.308 e. The SMILES string of the molecule is C=CCN1CC2(CCCCC2)NCC1C(C)CC. The summed E-state index contributed by atoms with van der Waals surface area (Å²) in [6.45, 7) is 12.1. The Bertz CT molecular complexity index is 268. The van der Waals surface area contributed by atoms with Crippen LogP contribution in [0.15, 0.2) is 12.7 Å². The molecule has 1 aliphatic carbocycles. The van der Waals surface area contributed by atoms with E-state index in [2.05, 4.69) is 36.7 Å². The van der Waals surface area contributed by atoms with Crippen LogP contribution in [0.25, 0.3) is 0 Å². The van der Waals surface area contributed by atoms with E-state index in [1.807, 2.05) is 0 Å². The van der Waals surface area contributed by atoms with E-state index in [4.69, 9.17) is 0 Å². The van der Waals surface area contributed by atoms with Gasteiger partial charge in [-0.3, -0.25) is 4.90 Å². The maximum atomic E-state index is 3.95. The van der Waals surface area contributed by atoms with Gasteiger partial charge < -0.3 is 5.32 Å². The van der Waals surface area contributed by atoms with Gasteiger partial charge in [-0.2, -0.15) is 0 Å². The van der Waals surface area contributed by atoms with E-state index in [9.17, 15) is 0 Å². The van der Waals surface area contributed by atoms with Crippen LogP contribution in [0, 0.1) is 5.92 Å². The summed E-state index contributed by atoms with van der Waals surface area (Å²) >= 11 is 0. The van der Waals surface area contributed by atoms with Gasteiger partial charge in [0.1, 0.15) is 0 Å². The second-order valence-corrected chi connectivity index (χ2v) is 6.39. The predicted octanol–water partition coefficient (Wildman–Crippen LogP) is 3.20. The largest absolute Gasteiger partial charge is 0.308 e. The van der Waals surface area contributed by atoms with Gasteiger partial charge in [-0.1, -0.05) is 45.6 Å². The maximum absolute atomic E-state index is 3.95. The van der Waals surface area contributed by atoms with Gasteiger partial charge in [0.25, 0.3) is 0 Å². The summed E-state index contributed by atoms with van der Waals surface area (Å²) in [6.07, 6.45) is 10.3. The van der Waals surface area contributed by atoms with Gasteiger partial charge in [-0.15, -0.1) is 6.58 Å². The van der Waals surface area contributed by atoms with E-state index in [1.165, 1.54) is 51.6 Å². The summed E-state index contributed by atoms with van der Waals surface area (Å²) < 4.78 is 0. The second-order valence-electron chi connectivity index (χ2n) is 6.39. The summed E-state index contributed by atoms with van der Waals surface area (Å²) in [6, 6.07) is 0.695. The molecule has 0 aromatic carbocycles. The minimum absolute atomic E-state index is 0.422. The molecule has 1 N–H and O–H groups in total. The lowest BCUT2D eigenvalue weighted by atomic mass is 9.78. The van der Waals surface area contributed by atoms with Crippen molar-refractivity contribution in [1.82, 2.24) is 10.2 Å².